The van der Waals surface area contributed by atoms with Crippen LogP contribution < -0.4 is 15.4 Å². The summed E-state index contributed by atoms with van der Waals surface area (Å²) in [4.78, 5) is 24.2. The minimum Gasteiger partial charge on any atom is -0.372 e. The molecule has 0 radical (unpaired) electrons. The van der Waals surface area contributed by atoms with Gasteiger partial charge in [0.1, 0.15) is 17.2 Å². The van der Waals surface area contributed by atoms with Crippen LogP contribution in [0.3, 0.4) is 0 Å². The second kappa shape index (κ2) is 9.00. The standard InChI is InChI=1S/C21H22FN5O5S/c1-21(2,30)24-20(29)26-33(31,32)16-10-8-15(9-11-16)23-19(28)18-12-17(25-27(18)3)13-4-6-14(22)7-5-13/h4-12,30H,1-3H3,(H,23,28)(H2,24,26,29). The maximum absolute atomic E-state index is 13.1. The molecule has 10 nitrogen and oxygen atoms in total. The SMILES string of the molecule is Cn1nc(-c2ccc(F)cc2)cc1C(=O)Nc1ccc(S(=O)(=O)NC(=O)NC(C)(C)O)cc1. The highest BCUT2D eigenvalue weighted by Gasteiger charge is 2.22. The van der Waals surface area contributed by atoms with E-state index >= 15 is 0 Å². The largest absolute Gasteiger partial charge is 0.372 e. The minimum absolute atomic E-state index is 0.217. The molecule has 12 heteroatoms. The molecule has 0 saturated heterocycles. The number of amides is 3. The van der Waals surface area contributed by atoms with Gasteiger partial charge < -0.3 is 15.7 Å². The number of sulfonamides is 1. The normalized spacial score (nSPS) is 11.7. The number of carbonyl (C=O) groups is 2. The van der Waals surface area contributed by atoms with Crippen LogP contribution in [0.5, 0.6) is 0 Å². The molecule has 0 bridgehead atoms. The molecular weight excluding hydrogens is 453 g/mol. The van der Waals surface area contributed by atoms with Crippen molar-refractivity contribution in [2.75, 3.05) is 5.32 Å². The zero-order valence-electron chi connectivity index (χ0n) is 18.0. The van der Waals surface area contributed by atoms with E-state index in [1.165, 1.54) is 54.9 Å². The number of carbonyl (C=O) groups excluding carboxylic acids is 2. The summed E-state index contributed by atoms with van der Waals surface area (Å²) in [7, 11) is -2.61. The zero-order valence-corrected chi connectivity index (χ0v) is 18.8. The fourth-order valence-electron chi connectivity index (χ4n) is 2.84. The summed E-state index contributed by atoms with van der Waals surface area (Å²) in [6, 6.07) is 11.3. The summed E-state index contributed by atoms with van der Waals surface area (Å²) < 4.78 is 40.9. The first-order chi connectivity index (χ1) is 15.3. The number of rotatable bonds is 6. The Bertz CT molecular complexity index is 1280. The van der Waals surface area contributed by atoms with Crippen molar-refractivity contribution in [3.8, 4) is 11.3 Å². The summed E-state index contributed by atoms with van der Waals surface area (Å²) in [6.07, 6.45) is 0. The molecule has 0 atom stereocenters. The Morgan fingerprint density at radius 1 is 1.06 bits per heavy atom. The molecule has 0 aliphatic carbocycles. The lowest BCUT2D eigenvalue weighted by molar-refractivity contribution is 0.0555. The molecular formula is C21H22FN5O5S. The summed E-state index contributed by atoms with van der Waals surface area (Å²) in [5, 5.41) is 18.5. The Balaban J connectivity index is 1.70. The third kappa shape index (κ3) is 6.14. The number of benzene rings is 2. The number of hydrogen-bond donors (Lipinski definition) is 4. The lowest BCUT2D eigenvalue weighted by Gasteiger charge is -2.19. The Hall–Kier alpha value is -3.77. The number of aliphatic hydroxyl groups is 1. The average molecular weight is 476 g/mol. The van der Waals surface area contributed by atoms with Crippen LogP contribution in [-0.4, -0.2) is 41.0 Å². The summed E-state index contributed by atoms with van der Waals surface area (Å²) in [5.41, 5.74) is 0.0671. The van der Waals surface area contributed by atoms with Gasteiger partial charge in [0, 0.05) is 18.3 Å². The first-order valence-electron chi connectivity index (χ1n) is 9.63. The van der Waals surface area contributed by atoms with Gasteiger partial charge in [-0.3, -0.25) is 9.48 Å². The van der Waals surface area contributed by atoms with Crippen LogP contribution in [0.15, 0.2) is 59.5 Å². The minimum atomic E-state index is -4.19. The predicted molar refractivity (Wildman–Crippen MR) is 118 cm³/mol. The topological polar surface area (TPSA) is 142 Å². The van der Waals surface area contributed by atoms with E-state index in [1.807, 2.05) is 0 Å². The maximum atomic E-state index is 13.1. The lowest BCUT2D eigenvalue weighted by atomic mass is 10.1. The highest BCUT2D eigenvalue weighted by Crippen LogP contribution is 2.20. The van der Waals surface area contributed by atoms with Gasteiger partial charge in [-0.05, 0) is 68.4 Å². The fourth-order valence-corrected chi connectivity index (χ4v) is 3.75. The van der Waals surface area contributed by atoms with Crippen molar-refractivity contribution in [3.05, 3.63) is 66.1 Å². The van der Waals surface area contributed by atoms with Gasteiger partial charge in [-0.25, -0.2) is 22.3 Å². The first kappa shape index (κ1) is 23.9. The van der Waals surface area contributed by atoms with Crippen molar-refractivity contribution in [1.29, 1.82) is 0 Å². The van der Waals surface area contributed by atoms with E-state index in [2.05, 4.69) is 15.7 Å². The van der Waals surface area contributed by atoms with Crippen molar-refractivity contribution in [3.63, 3.8) is 0 Å². The molecule has 0 aliphatic rings. The van der Waals surface area contributed by atoms with Crippen LogP contribution in [-0.2, 0) is 17.1 Å². The maximum Gasteiger partial charge on any atom is 0.330 e. The molecule has 4 N–H and O–H groups in total. The van der Waals surface area contributed by atoms with Gasteiger partial charge in [-0.15, -0.1) is 0 Å². The fraction of sp³-hybridized carbons (Fsp3) is 0.190. The van der Waals surface area contributed by atoms with Gasteiger partial charge in [0.2, 0.25) is 0 Å². The highest BCUT2D eigenvalue weighted by atomic mass is 32.2. The van der Waals surface area contributed by atoms with Gasteiger partial charge in [0.15, 0.2) is 0 Å². The smallest absolute Gasteiger partial charge is 0.330 e. The van der Waals surface area contributed by atoms with E-state index < -0.39 is 27.7 Å². The molecule has 3 aromatic rings. The highest BCUT2D eigenvalue weighted by molar-refractivity contribution is 7.90. The molecule has 0 unspecified atom stereocenters. The van der Waals surface area contributed by atoms with Crippen molar-refractivity contribution in [2.45, 2.75) is 24.5 Å². The van der Waals surface area contributed by atoms with Crippen molar-refractivity contribution >= 4 is 27.6 Å². The monoisotopic (exact) mass is 475 g/mol. The number of aromatic nitrogens is 2. The number of anilines is 1. The Labute approximate surface area is 189 Å². The number of urea groups is 1. The molecule has 2 aromatic carbocycles. The first-order valence-corrected chi connectivity index (χ1v) is 11.1. The predicted octanol–water partition coefficient (Wildman–Crippen LogP) is 2.19. The van der Waals surface area contributed by atoms with Gasteiger partial charge >= 0.3 is 6.03 Å². The molecule has 1 aromatic heterocycles. The van der Waals surface area contributed by atoms with Crippen LogP contribution >= 0.6 is 0 Å². The van der Waals surface area contributed by atoms with E-state index in [1.54, 1.807) is 30.0 Å². The molecule has 0 saturated carbocycles. The summed E-state index contributed by atoms with van der Waals surface area (Å²) in [5.74, 6) is -0.872. The van der Waals surface area contributed by atoms with Gasteiger partial charge in [0.25, 0.3) is 15.9 Å². The molecule has 0 fully saturated rings. The van der Waals surface area contributed by atoms with Crippen molar-refractivity contribution in [2.24, 2.45) is 7.05 Å². The van der Waals surface area contributed by atoms with Crippen LogP contribution in [0.1, 0.15) is 24.3 Å². The molecule has 3 rings (SSSR count). The second-order valence-corrected chi connectivity index (χ2v) is 9.32. The van der Waals surface area contributed by atoms with E-state index in [-0.39, 0.29) is 16.4 Å². The number of halogens is 1. The lowest BCUT2D eigenvalue weighted by Crippen LogP contribution is -2.49. The summed E-state index contributed by atoms with van der Waals surface area (Å²) >= 11 is 0. The second-order valence-electron chi connectivity index (χ2n) is 7.64. The third-order valence-electron chi connectivity index (χ3n) is 4.32. The van der Waals surface area contributed by atoms with Crippen molar-refractivity contribution in [1.82, 2.24) is 19.8 Å². The Morgan fingerprint density at radius 2 is 1.67 bits per heavy atom. The molecule has 33 heavy (non-hydrogen) atoms. The zero-order chi connectivity index (χ0) is 24.4. The van der Waals surface area contributed by atoms with Gasteiger partial charge in [-0.2, -0.15) is 5.10 Å². The number of aryl methyl sites for hydroxylation is 1. The number of nitrogens with one attached hydrogen (secondary N) is 3. The Kier molecular flexibility index (Phi) is 6.51. The van der Waals surface area contributed by atoms with E-state index in [0.29, 0.717) is 16.9 Å². The molecule has 0 spiro atoms. The molecule has 0 aliphatic heterocycles. The van der Waals surface area contributed by atoms with Crippen LogP contribution in [0, 0.1) is 5.82 Å². The van der Waals surface area contributed by atoms with Crippen LogP contribution in [0.4, 0.5) is 14.9 Å². The van der Waals surface area contributed by atoms with Gasteiger partial charge in [-0.1, -0.05) is 0 Å². The van der Waals surface area contributed by atoms with E-state index in [9.17, 15) is 27.5 Å². The van der Waals surface area contributed by atoms with E-state index in [0.717, 1.165) is 0 Å². The quantitative estimate of drug-likeness (QED) is 0.403. The van der Waals surface area contributed by atoms with Crippen LogP contribution in [0.25, 0.3) is 11.3 Å². The number of hydrogen-bond acceptors (Lipinski definition) is 6. The Morgan fingerprint density at radius 3 is 2.24 bits per heavy atom. The molecule has 1 heterocycles. The van der Waals surface area contributed by atoms with E-state index in [4.69, 9.17) is 0 Å². The van der Waals surface area contributed by atoms with Crippen LogP contribution in [0.2, 0.25) is 0 Å². The van der Waals surface area contributed by atoms with Crippen molar-refractivity contribution < 1.29 is 27.5 Å². The summed E-state index contributed by atoms with van der Waals surface area (Å²) in [6.45, 7) is 2.56. The number of nitrogens with zero attached hydrogens (tertiary/aromatic N) is 2. The van der Waals surface area contributed by atoms with Gasteiger partial charge in [0.05, 0.1) is 10.6 Å². The third-order valence-corrected chi connectivity index (χ3v) is 5.67. The average Bonchev–Trinajstić information content (AvgIpc) is 3.09. The molecule has 174 valence electrons. The molecule has 3 amide bonds.